The molecule has 1 unspecified atom stereocenters. The van der Waals surface area contributed by atoms with Crippen molar-refractivity contribution in [3.8, 4) is 0 Å². The summed E-state index contributed by atoms with van der Waals surface area (Å²) in [7, 11) is 0. The average Bonchev–Trinajstić information content (AvgIpc) is 3.23. The zero-order chi connectivity index (χ0) is 24.5. The van der Waals surface area contributed by atoms with Gasteiger partial charge in [0.1, 0.15) is 17.3 Å². The normalized spacial score (nSPS) is 18.7. The molecule has 4 heterocycles. The van der Waals surface area contributed by atoms with Crippen LogP contribution >= 0.6 is 0 Å². The number of ether oxygens (including phenoxy) is 1. The number of carbonyl (C=O) groups excluding carboxylic acids is 2. The molecule has 0 spiro atoms. The molecule has 0 aromatic carbocycles. The van der Waals surface area contributed by atoms with E-state index in [2.05, 4.69) is 25.0 Å². The van der Waals surface area contributed by atoms with Crippen LogP contribution in [0.1, 0.15) is 43.0 Å². The number of hydrogen-bond acceptors (Lipinski definition) is 7. The standard InChI is InChI=1S/C21H26F3N7O3/c1-14(21(22,23)24)34-19(33)29-7-3-20(2,4-8-29)28-18(32)15-12-30-9-10-31(13-17(30)27-15)16-11-25-5-6-26-16/h5-6,11-12,14H,3-4,7-10,13H2,1-2H3,(H,28,32). The van der Waals surface area contributed by atoms with Crippen molar-refractivity contribution in [3.63, 3.8) is 0 Å². The van der Waals surface area contributed by atoms with Gasteiger partial charge in [0.25, 0.3) is 5.91 Å². The van der Waals surface area contributed by atoms with Crippen molar-refractivity contribution in [2.24, 2.45) is 0 Å². The number of piperidine rings is 1. The Kier molecular flexibility index (Phi) is 6.36. The zero-order valence-electron chi connectivity index (χ0n) is 18.9. The molecule has 0 bridgehead atoms. The summed E-state index contributed by atoms with van der Waals surface area (Å²) in [5.41, 5.74) is -0.336. The summed E-state index contributed by atoms with van der Waals surface area (Å²) < 4.78 is 44.4. The molecule has 4 rings (SSSR count). The molecule has 2 aliphatic heterocycles. The summed E-state index contributed by atoms with van der Waals surface area (Å²) in [6.07, 6.45) is -0.414. The number of alkyl halides is 3. The predicted molar refractivity (Wildman–Crippen MR) is 114 cm³/mol. The summed E-state index contributed by atoms with van der Waals surface area (Å²) in [5, 5.41) is 2.98. The first kappa shape index (κ1) is 23.8. The van der Waals surface area contributed by atoms with E-state index in [0.717, 1.165) is 18.6 Å². The van der Waals surface area contributed by atoms with Gasteiger partial charge < -0.3 is 24.4 Å². The Morgan fingerprint density at radius 3 is 2.56 bits per heavy atom. The lowest BCUT2D eigenvalue weighted by molar-refractivity contribution is -0.200. The largest absolute Gasteiger partial charge is 0.437 e. The van der Waals surface area contributed by atoms with Crippen molar-refractivity contribution >= 4 is 17.8 Å². The zero-order valence-corrected chi connectivity index (χ0v) is 18.9. The first-order valence-corrected chi connectivity index (χ1v) is 11.0. The number of hydrogen-bond donors (Lipinski definition) is 1. The minimum absolute atomic E-state index is 0.174. The van der Waals surface area contributed by atoms with Gasteiger partial charge in [0.05, 0.1) is 12.7 Å². The monoisotopic (exact) mass is 481 g/mol. The Morgan fingerprint density at radius 2 is 1.91 bits per heavy atom. The average molecular weight is 481 g/mol. The highest BCUT2D eigenvalue weighted by molar-refractivity contribution is 5.92. The fourth-order valence-corrected chi connectivity index (χ4v) is 3.95. The molecule has 1 N–H and O–H groups in total. The number of carbonyl (C=O) groups is 2. The number of imidazole rings is 1. The van der Waals surface area contributed by atoms with E-state index in [0.29, 0.717) is 32.5 Å². The molecule has 0 saturated carbocycles. The topological polar surface area (TPSA) is 105 Å². The SMILES string of the molecule is CC(OC(=O)N1CCC(C)(NC(=O)c2cn3c(n2)CN(c2cnccn2)CC3)CC1)C(F)(F)F. The molecule has 2 aromatic heterocycles. The summed E-state index contributed by atoms with van der Waals surface area (Å²) in [5.74, 6) is 1.14. The van der Waals surface area contributed by atoms with Crippen molar-refractivity contribution in [1.82, 2.24) is 29.7 Å². The maximum absolute atomic E-state index is 12.9. The second kappa shape index (κ2) is 9.11. The van der Waals surface area contributed by atoms with E-state index in [-0.39, 0.29) is 24.7 Å². The molecule has 0 aliphatic carbocycles. The number of nitrogens with one attached hydrogen (secondary N) is 1. The third kappa shape index (κ3) is 5.23. The molecule has 13 heteroatoms. The van der Waals surface area contributed by atoms with Crippen LogP contribution in [0.2, 0.25) is 0 Å². The first-order chi connectivity index (χ1) is 16.0. The van der Waals surface area contributed by atoms with Gasteiger partial charge in [-0.05, 0) is 26.7 Å². The Morgan fingerprint density at radius 1 is 1.18 bits per heavy atom. The van der Waals surface area contributed by atoms with Crippen LogP contribution in [0.3, 0.4) is 0 Å². The molecular formula is C21H26F3N7O3. The Hall–Kier alpha value is -3.38. The van der Waals surface area contributed by atoms with Crippen LogP contribution in [0.4, 0.5) is 23.8 Å². The second-order valence-electron chi connectivity index (χ2n) is 8.79. The smallest absolute Gasteiger partial charge is 0.425 e. The van der Waals surface area contributed by atoms with Gasteiger partial charge >= 0.3 is 12.3 Å². The summed E-state index contributed by atoms with van der Waals surface area (Å²) in [4.78, 5) is 41.1. The van der Waals surface area contributed by atoms with Gasteiger partial charge in [-0.25, -0.2) is 14.8 Å². The minimum Gasteiger partial charge on any atom is -0.437 e. The number of amides is 2. The lowest BCUT2D eigenvalue weighted by atomic mass is 9.89. The van der Waals surface area contributed by atoms with Gasteiger partial charge in [-0.15, -0.1) is 0 Å². The van der Waals surface area contributed by atoms with Gasteiger partial charge in [-0.1, -0.05) is 0 Å². The fourth-order valence-electron chi connectivity index (χ4n) is 3.95. The highest BCUT2D eigenvalue weighted by atomic mass is 19.4. The number of nitrogens with zero attached hydrogens (tertiary/aromatic N) is 6. The van der Waals surface area contributed by atoms with Crippen LogP contribution in [-0.2, 0) is 17.8 Å². The molecule has 34 heavy (non-hydrogen) atoms. The summed E-state index contributed by atoms with van der Waals surface area (Å²) >= 11 is 0. The Balaban J connectivity index is 1.33. The van der Waals surface area contributed by atoms with E-state index in [1.807, 2.05) is 16.4 Å². The van der Waals surface area contributed by atoms with Gasteiger partial charge in [-0.2, -0.15) is 13.2 Å². The van der Waals surface area contributed by atoms with E-state index in [1.54, 1.807) is 24.8 Å². The van der Waals surface area contributed by atoms with Crippen molar-refractivity contribution < 1.29 is 27.5 Å². The van der Waals surface area contributed by atoms with Crippen LogP contribution in [0.5, 0.6) is 0 Å². The third-order valence-electron chi connectivity index (χ3n) is 6.19. The Labute approximate surface area is 194 Å². The van der Waals surface area contributed by atoms with Crippen LogP contribution in [0.25, 0.3) is 0 Å². The summed E-state index contributed by atoms with van der Waals surface area (Å²) in [6, 6.07) is 0. The van der Waals surface area contributed by atoms with E-state index in [1.165, 1.54) is 4.90 Å². The van der Waals surface area contributed by atoms with Crippen LogP contribution in [0.15, 0.2) is 24.8 Å². The maximum Gasteiger partial charge on any atom is 0.425 e. The second-order valence-corrected chi connectivity index (χ2v) is 8.79. The van der Waals surface area contributed by atoms with Crippen molar-refractivity contribution in [2.45, 2.75) is 57.6 Å². The molecule has 2 aliphatic rings. The maximum atomic E-state index is 12.9. The molecule has 1 atom stereocenters. The fraction of sp³-hybridized carbons (Fsp3) is 0.571. The van der Waals surface area contributed by atoms with Gasteiger partial charge in [0, 0.05) is 50.3 Å². The van der Waals surface area contributed by atoms with Gasteiger partial charge in [-0.3, -0.25) is 9.78 Å². The number of likely N-dealkylation sites (tertiary alicyclic amines) is 1. The number of aromatic nitrogens is 4. The Bertz CT molecular complexity index is 1040. The van der Waals surface area contributed by atoms with Crippen LogP contribution in [-0.4, -0.2) is 73.9 Å². The summed E-state index contributed by atoms with van der Waals surface area (Å²) in [6.45, 7) is 4.84. The number of halogens is 3. The molecule has 184 valence electrons. The first-order valence-electron chi connectivity index (χ1n) is 11.0. The molecule has 2 amide bonds. The molecule has 1 saturated heterocycles. The minimum atomic E-state index is -4.61. The highest BCUT2D eigenvalue weighted by Crippen LogP contribution is 2.26. The van der Waals surface area contributed by atoms with Crippen molar-refractivity contribution in [1.29, 1.82) is 0 Å². The van der Waals surface area contributed by atoms with Crippen LogP contribution < -0.4 is 10.2 Å². The molecular weight excluding hydrogens is 455 g/mol. The molecule has 1 fully saturated rings. The third-order valence-corrected chi connectivity index (χ3v) is 6.19. The quantitative estimate of drug-likeness (QED) is 0.715. The van der Waals surface area contributed by atoms with E-state index in [4.69, 9.17) is 0 Å². The molecule has 2 aromatic rings. The van der Waals surface area contributed by atoms with Crippen LogP contribution in [0, 0.1) is 0 Å². The molecule has 10 nitrogen and oxygen atoms in total. The lowest BCUT2D eigenvalue weighted by Gasteiger charge is -2.39. The van der Waals surface area contributed by atoms with E-state index >= 15 is 0 Å². The van der Waals surface area contributed by atoms with Gasteiger partial charge in [0.2, 0.25) is 0 Å². The van der Waals surface area contributed by atoms with Gasteiger partial charge in [0.15, 0.2) is 6.10 Å². The highest BCUT2D eigenvalue weighted by Gasteiger charge is 2.41. The number of fused-ring (bicyclic) bond motifs is 1. The number of rotatable bonds is 4. The van der Waals surface area contributed by atoms with Crippen molar-refractivity contribution in [2.75, 3.05) is 24.5 Å². The van der Waals surface area contributed by atoms with E-state index < -0.39 is 23.9 Å². The number of anilines is 1. The lowest BCUT2D eigenvalue weighted by Crippen LogP contribution is -2.54. The van der Waals surface area contributed by atoms with E-state index in [9.17, 15) is 22.8 Å². The van der Waals surface area contributed by atoms with Crippen molar-refractivity contribution in [3.05, 3.63) is 36.3 Å². The predicted octanol–water partition coefficient (Wildman–Crippen LogP) is 2.36. The molecule has 0 radical (unpaired) electrons.